The molecule has 2 rings (SSSR count). The molecule has 0 saturated carbocycles. The SMILES string of the molecule is C=C(C(=O)OC)C(Nc1ccc(C)cc1Br)c1ccccc1. The van der Waals surface area contributed by atoms with Crippen LogP contribution in [0.2, 0.25) is 0 Å². The van der Waals surface area contributed by atoms with Gasteiger partial charge in [-0.2, -0.15) is 0 Å². The van der Waals surface area contributed by atoms with Gasteiger partial charge in [-0.15, -0.1) is 0 Å². The normalized spacial score (nSPS) is 11.6. The molecule has 0 aliphatic rings. The second kappa shape index (κ2) is 7.27. The Labute approximate surface area is 139 Å². The van der Waals surface area contributed by atoms with E-state index in [9.17, 15) is 4.79 Å². The van der Waals surface area contributed by atoms with Gasteiger partial charge in [0.2, 0.25) is 0 Å². The van der Waals surface area contributed by atoms with Gasteiger partial charge < -0.3 is 10.1 Å². The van der Waals surface area contributed by atoms with E-state index in [1.165, 1.54) is 7.11 Å². The summed E-state index contributed by atoms with van der Waals surface area (Å²) in [4.78, 5) is 11.9. The van der Waals surface area contributed by atoms with Crippen LogP contribution in [-0.4, -0.2) is 13.1 Å². The molecule has 0 amide bonds. The van der Waals surface area contributed by atoms with Crippen molar-refractivity contribution in [2.75, 3.05) is 12.4 Å². The summed E-state index contributed by atoms with van der Waals surface area (Å²) in [5.41, 5.74) is 3.36. The molecule has 0 heterocycles. The van der Waals surface area contributed by atoms with Crippen LogP contribution in [0.5, 0.6) is 0 Å². The lowest BCUT2D eigenvalue weighted by molar-refractivity contribution is -0.136. The second-order valence-electron chi connectivity index (χ2n) is 4.99. The maximum atomic E-state index is 11.9. The second-order valence-corrected chi connectivity index (χ2v) is 5.84. The Morgan fingerprint density at radius 1 is 1.23 bits per heavy atom. The lowest BCUT2D eigenvalue weighted by Gasteiger charge is -2.22. The zero-order valence-electron chi connectivity index (χ0n) is 12.6. The zero-order valence-corrected chi connectivity index (χ0v) is 14.2. The Bertz CT molecular complexity index is 683. The Morgan fingerprint density at radius 2 is 1.91 bits per heavy atom. The van der Waals surface area contributed by atoms with Gasteiger partial charge in [0.05, 0.1) is 18.7 Å². The monoisotopic (exact) mass is 359 g/mol. The number of carbonyl (C=O) groups excluding carboxylic acids is 1. The van der Waals surface area contributed by atoms with Crippen LogP contribution in [0.3, 0.4) is 0 Å². The number of hydrogen-bond acceptors (Lipinski definition) is 3. The zero-order chi connectivity index (χ0) is 16.1. The lowest BCUT2D eigenvalue weighted by atomic mass is 9.99. The van der Waals surface area contributed by atoms with Crippen molar-refractivity contribution in [2.24, 2.45) is 0 Å². The van der Waals surface area contributed by atoms with E-state index in [0.29, 0.717) is 5.57 Å². The highest BCUT2D eigenvalue weighted by Crippen LogP contribution is 2.31. The molecule has 4 heteroatoms. The fraction of sp³-hybridized carbons (Fsp3) is 0.167. The molecule has 0 radical (unpaired) electrons. The van der Waals surface area contributed by atoms with Crippen molar-refractivity contribution >= 4 is 27.6 Å². The number of esters is 1. The molecule has 22 heavy (non-hydrogen) atoms. The first-order valence-electron chi connectivity index (χ1n) is 6.87. The number of hydrogen-bond donors (Lipinski definition) is 1. The molecule has 1 atom stereocenters. The van der Waals surface area contributed by atoms with Crippen LogP contribution in [0, 0.1) is 6.92 Å². The van der Waals surface area contributed by atoms with E-state index in [-0.39, 0.29) is 6.04 Å². The number of methoxy groups -OCH3 is 1. The predicted octanol–water partition coefficient (Wildman–Crippen LogP) is 4.64. The molecular formula is C18H18BrNO2. The van der Waals surface area contributed by atoms with E-state index >= 15 is 0 Å². The van der Waals surface area contributed by atoms with Crippen LogP contribution in [0.1, 0.15) is 17.2 Å². The molecule has 1 N–H and O–H groups in total. The van der Waals surface area contributed by atoms with Crippen LogP contribution in [0.4, 0.5) is 5.69 Å². The minimum absolute atomic E-state index is 0.354. The average molecular weight is 360 g/mol. The quantitative estimate of drug-likeness (QED) is 0.624. The molecule has 1 unspecified atom stereocenters. The molecule has 2 aromatic carbocycles. The van der Waals surface area contributed by atoms with Gasteiger partial charge in [-0.25, -0.2) is 4.79 Å². The number of anilines is 1. The molecule has 114 valence electrons. The molecule has 0 bridgehead atoms. The van der Waals surface area contributed by atoms with Gasteiger partial charge in [-0.3, -0.25) is 0 Å². The Kier molecular flexibility index (Phi) is 5.39. The van der Waals surface area contributed by atoms with E-state index in [1.54, 1.807) is 0 Å². The first kappa shape index (κ1) is 16.3. The minimum atomic E-state index is -0.426. The molecular weight excluding hydrogens is 342 g/mol. The lowest BCUT2D eigenvalue weighted by Crippen LogP contribution is -2.19. The van der Waals surface area contributed by atoms with Gasteiger partial charge in [-0.05, 0) is 46.1 Å². The summed E-state index contributed by atoms with van der Waals surface area (Å²) in [7, 11) is 1.36. The smallest absolute Gasteiger partial charge is 0.335 e. The predicted molar refractivity (Wildman–Crippen MR) is 92.8 cm³/mol. The van der Waals surface area contributed by atoms with Crippen LogP contribution < -0.4 is 5.32 Å². The van der Waals surface area contributed by atoms with Gasteiger partial charge in [0.25, 0.3) is 0 Å². The van der Waals surface area contributed by atoms with Gasteiger partial charge in [0.15, 0.2) is 0 Å². The summed E-state index contributed by atoms with van der Waals surface area (Å²) < 4.78 is 5.75. The van der Waals surface area contributed by atoms with Crippen LogP contribution in [-0.2, 0) is 9.53 Å². The Balaban J connectivity index is 2.36. The Hall–Kier alpha value is -2.07. The van der Waals surface area contributed by atoms with Gasteiger partial charge >= 0.3 is 5.97 Å². The van der Waals surface area contributed by atoms with E-state index in [1.807, 2.05) is 55.5 Å². The fourth-order valence-electron chi connectivity index (χ4n) is 2.16. The molecule has 0 spiro atoms. The molecule has 2 aromatic rings. The fourth-order valence-corrected chi connectivity index (χ4v) is 2.77. The maximum Gasteiger partial charge on any atom is 0.335 e. The summed E-state index contributed by atoms with van der Waals surface area (Å²) in [5, 5.41) is 3.36. The Morgan fingerprint density at radius 3 is 2.50 bits per heavy atom. The average Bonchev–Trinajstić information content (AvgIpc) is 2.53. The number of nitrogens with one attached hydrogen (secondary N) is 1. The third-order valence-electron chi connectivity index (χ3n) is 3.35. The maximum absolute atomic E-state index is 11.9. The highest BCUT2D eigenvalue weighted by Gasteiger charge is 2.22. The molecule has 3 nitrogen and oxygen atoms in total. The van der Waals surface area contributed by atoms with E-state index in [2.05, 4.69) is 27.8 Å². The third kappa shape index (κ3) is 3.77. The van der Waals surface area contributed by atoms with Gasteiger partial charge in [0.1, 0.15) is 0 Å². The third-order valence-corrected chi connectivity index (χ3v) is 4.01. The van der Waals surface area contributed by atoms with Crippen LogP contribution >= 0.6 is 15.9 Å². The largest absolute Gasteiger partial charge is 0.466 e. The number of benzene rings is 2. The van der Waals surface area contributed by atoms with Crippen molar-refractivity contribution < 1.29 is 9.53 Å². The number of halogens is 1. The van der Waals surface area contributed by atoms with Crippen molar-refractivity contribution in [2.45, 2.75) is 13.0 Å². The van der Waals surface area contributed by atoms with Crippen molar-refractivity contribution in [3.05, 3.63) is 76.3 Å². The molecule has 0 aliphatic carbocycles. The molecule has 0 fully saturated rings. The standard InChI is InChI=1S/C18H18BrNO2/c1-12-9-10-16(15(19)11-12)20-17(13(2)18(21)22-3)14-7-5-4-6-8-14/h4-11,17,20H,2H2,1,3H3. The highest BCUT2D eigenvalue weighted by molar-refractivity contribution is 9.10. The van der Waals surface area contributed by atoms with E-state index in [4.69, 9.17) is 4.74 Å². The van der Waals surface area contributed by atoms with Crippen molar-refractivity contribution in [1.29, 1.82) is 0 Å². The van der Waals surface area contributed by atoms with E-state index in [0.717, 1.165) is 21.3 Å². The van der Waals surface area contributed by atoms with E-state index < -0.39 is 5.97 Å². The van der Waals surface area contributed by atoms with Crippen LogP contribution in [0.25, 0.3) is 0 Å². The summed E-state index contributed by atoms with van der Waals surface area (Å²) >= 11 is 3.54. The van der Waals surface area contributed by atoms with Gasteiger partial charge in [0, 0.05) is 10.2 Å². The first-order chi connectivity index (χ1) is 10.5. The molecule has 0 aromatic heterocycles. The van der Waals surface area contributed by atoms with Crippen molar-refractivity contribution in [3.63, 3.8) is 0 Å². The van der Waals surface area contributed by atoms with Gasteiger partial charge in [-0.1, -0.05) is 43.0 Å². The van der Waals surface area contributed by atoms with Crippen LogP contribution in [0.15, 0.2) is 65.2 Å². The number of carbonyl (C=O) groups is 1. The number of rotatable bonds is 5. The summed E-state index contributed by atoms with van der Waals surface area (Å²) in [6, 6.07) is 15.3. The highest BCUT2D eigenvalue weighted by atomic mass is 79.9. The first-order valence-corrected chi connectivity index (χ1v) is 7.67. The minimum Gasteiger partial charge on any atom is -0.466 e. The number of aryl methyl sites for hydroxylation is 1. The number of ether oxygens (including phenoxy) is 1. The van der Waals surface area contributed by atoms with Crippen molar-refractivity contribution in [1.82, 2.24) is 0 Å². The summed E-state index contributed by atoms with van der Waals surface area (Å²) in [6.07, 6.45) is 0. The molecule has 0 saturated heterocycles. The molecule has 0 aliphatic heterocycles. The topological polar surface area (TPSA) is 38.3 Å². The van der Waals surface area contributed by atoms with Crippen molar-refractivity contribution in [3.8, 4) is 0 Å². The summed E-state index contributed by atoms with van der Waals surface area (Å²) in [5.74, 6) is -0.426. The summed E-state index contributed by atoms with van der Waals surface area (Å²) in [6.45, 7) is 5.92.